The molecule has 3 N–H and O–H groups in total. The Morgan fingerprint density at radius 2 is 2.17 bits per heavy atom. The minimum absolute atomic E-state index is 0.135. The van der Waals surface area contributed by atoms with Crippen molar-refractivity contribution in [1.82, 2.24) is 5.43 Å². The largest absolute Gasteiger partial charge is 0.375 e. The quantitative estimate of drug-likeness (QED) is 0.506. The van der Waals surface area contributed by atoms with Crippen molar-refractivity contribution in [2.45, 2.75) is 12.8 Å². The number of thiocarbonyl (C=S) groups is 1. The summed E-state index contributed by atoms with van der Waals surface area (Å²) in [5.74, 6) is 0. The molecule has 0 spiro atoms. The third-order valence-electron chi connectivity index (χ3n) is 2.83. The van der Waals surface area contributed by atoms with Crippen LogP contribution >= 0.6 is 23.8 Å². The van der Waals surface area contributed by atoms with E-state index in [1.165, 1.54) is 12.8 Å². The smallest absolute Gasteiger partial charge is 0.184 e. The first-order valence-corrected chi connectivity index (χ1v) is 6.58. The van der Waals surface area contributed by atoms with Gasteiger partial charge in [0, 0.05) is 24.3 Å². The predicted molar refractivity (Wildman–Crippen MR) is 80.4 cm³/mol. The molecule has 0 amide bonds. The third-order valence-corrected chi connectivity index (χ3v) is 3.25. The molecule has 96 valence electrons. The minimum atomic E-state index is 0.135. The van der Waals surface area contributed by atoms with Crippen LogP contribution in [0.5, 0.6) is 0 Å². The molecule has 0 aliphatic carbocycles. The first kappa shape index (κ1) is 13.1. The Kier molecular flexibility index (Phi) is 4.38. The van der Waals surface area contributed by atoms with Gasteiger partial charge < -0.3 is 10.6 Å². The fraction of sp³-hybridized carbons (Fsp3) is 0.333. The van der Waals surface area contributed by atoms with Gasteiger partial charge in [-0.3, -0.25) is 5.43 Å². The van der Waals surface area contributed by atoms with E-state index in [0.29, 0.717) is 5.02 Å². The minimum Gasteiger partial charge on any atom is -0.375 e. The van der Waals surface area contributed by atoms with E-state index in [4.69, 9.17) is 17.3 Å². The first-order chi connectivity index (χ1) is 8.66. The molecular weight excluding hydrogens is 268 g/mol. The van der Waals surface area contributed by atoms with Crippen molar-refractivity contribution in [3.8, 4) is 0 Å². The Balaban J connectivity index is 2.09. The molecule has 6 heteroatoms. The lowest BCUT2D eigenvalue weighted by Gasteiger charge is -2.18. The number of rotatable bonds is 3. The Morgan fingerprint density at radius 1 is 1.44 bits per heavy atom. The van der Waals surface area contributed by atoms with Crippen LogP contribution in [0.3, 0.4) is 0 Å². The van der Waals surface area contributed by atoms with Crippen molar-refractivity contribution >= 4 is 40.8 Å². The van der Waals surface area contributed by atoms with E-state index in [1.54, 1.807) is 6.21 Å². The maximum absolute atomic E-state index is 6.21. The van der Waals surface area contributed by atoms with E-state index in [1.807, 2.05) is 12.1 Å². The highest BCUT2D eigenvalue weighted by atomic mass is 35.5. The lowest BCUT2D eigenvalue weighted by atomic mass is 10.2. The van der Waals surface area contributed by atoms with Gasteiger partial charge in [0.15, 0.2) is 5.11 Å². The number of hydrazone groups is 1. The Hall–Kier alpha value is -1.33. The zero-order valence-electron chi connectivity index (χ0n) is 9.90. The number of benzene rings is 1. The van der Waals surface area contributed by atoms with Crippen molar-refractivity contribution in [3.63, 3.8) is 0 Å². The molecule has 1 heterocycles. The highest BCUT2D eigenvalue weighted by Crippen LogP contribution is 2.25. The molecule has 0 radical (unpaired) electrons. The molecule has 1 saturated heterocycles. The summed E-state index contributed by atoms with van der Waals surface area (Å²) < 4.78 is 0. The monoisotopic (exact) mass is 282 g/mol. The predicted octanol–water partition coefficient (Wildman–Crippen LogP) is 2.11. The lowest BCUT2D eigenvalue weighted by molar-refractivity contribution is 0.949. The normalized spacial score (nSPS) is 15.3. The van der Waals surface area contributed by atoms with Crippen LogP contribution in [-0.2, 0) is 0 Å². The maximum Gasteiger partial charge on any atom is 0.184 e. The highest BCUT2D eigenvalue weighted by Gasteiger charge is 2.12. The van der Waals surface area contributed by atoms with Gasteiger partial charge in [-0.25, -0.2) is 0 Å². The van der Waals surface area contributed by atoms with Gasteiger partial charge in [-0.15, -0.1) is 0 Å². The molecule has 1 aromatic rings. The van der Waals surface area contributed by atoms with E-state index in [9.17, 15) is 0 Å². The molecule has 0 atom stereocenters. The molecule has 0 bridgehead atoms. The second-order valence-electron chi connectivity index (χ2n) is 4.13. The molecule has 1 aliphatic heterocycles. The summed E-state index contributed by atoms with van der Waals surface area (Å²) in [5.41, 5.74) is 9.77. The average molecular weight is 283 g/mol. The molecule has 4 nitrogen and oxygen atoms in total. The molecule has 2 rings (SSSR count). The summed E-state index contributed by atoms with van der Waals surface area (Å²) in [6, 6.07) is 5.97. The molecule has 18 heavy (non-hydrogen) atoms. The standard InChI is InChI=1S/C12H15ClN4S/c13-11-7-10(17-5-1-2-6-17)4-3-9(11)8-15-16-12(14)18/h3-4,7-8H,1-2,5-6H2,(H3,14,16,18). The van der Waals surface area contributed by atoms with Crippen LogP contribution in [0.4, 0.5) is 5.69 Å². The zero-order chi connectivity index (χ0) is 13.0. The van der Waals surface area contributed by atoms with Gasteiger partial charge in [0.05, 0.1) is 11.2 Å². The van der Waals surface area contributed by atoms with E-state index >= 15 is 0 Å². The van der Waals surface area contributed by atoms with Crippen molar-refractivity contribution in [1.29, 1.82) is 0 Å². The molecule has 1 aromatic carbocycles. The second-order valence-corrected chi connectivity index (χ2v) is 4.98. The lowest BCUT2D eigenvalue weighted by Crippen LogP contribution is -2.24. The fourth-order valence-corrected chi connectivity index (χ4v) is 2.23. The number of nitrogens with two attached hydrogens (primary N) is 1. The van der Waals surface area contributed by atoms with Crippen LogP contribution in [0.15, 0.2) is 23.3 Å². The van der Waals surface area contributed by atoms with Crippen LogP contribution in [-0.4, -0.2) is 24.4 Å². The summed E-state index contributed by atoms with van der Waals surface area (Å²) in [6.07, 6.45) is 4.10. The molecule has 1 aliphatic rings. The summed E-state index contributed by atoms with van der Waals surface area (Å²) in [5, 5.41) is 4.70. The van der Waals surface area contributed by atoms with Crippen LogP contribution in [0.1, 0.15) is 18.4 Å². The van der Waals surface area contributed by atoms with Crippen LogP contribution in [0.2, 0.25) is 5.02 Å². The number of anilines is 1. The van der Waals surface area contributed by atoms with Gasteiger partial charge in [0.25, 0.3) is 0 Å². The highest BCUT2D eigenvalue weighted by molar-refractivity contribution is 7.80. The van der Waals surface area contributed by atoms with E-state index in [0.717, 1.165) is 24.3 Å². The van der Waals surface area contributed by atoms with Crippen LogP contribution < -0.4 is 16.1 Å². The Morgan fingerprint density at radius 3 is 2.78 bits per heavy atom. The van der Waals surface area contributed by atoms with Crippen molar-refractivity contribution in [3.05, 3.63) is 28.8 Å². The summed E-state index contributed by atoms with van der Waals surface area (Å²) in [4.78, 5) is 2.33. The van der Waals surface area contributed by atoms with Gasteiger partial charge in [0.2, 0.25) is 0 Å². The summed E-state index contributed by atoms with van der Waals surface area (Å²) in [7, 11) is 0. The molecule has 0 aromatic heterocycles. The van der Waals surface area contributed by atoms with Gasteiger partial charge >= 0.3 is 0 Å². The molecule has 0 unspecified atom stereocenters. The average Bonchev–Trinajstić information content (AvgIpc) is 2.84. The number of halogens is 1. The van der Waals surface area contributed by atoms with Crippen molar-refractivity contribution < 1.29 is 0 Å². The van der Waals surface area contributed by atoms with Crippen molar-refractivity contribution in [2.24, 2.45) is 10.8 Å². The zero-order valence-corrected chi connectivity index (χ0v) is 11.5. The molecular formula is C12H15ClN4S. The fourth-order valence-electron chi connectivity index (χ4n) is 1.96. The number of nitrogens with zero attached hydrogens (tertiary/aromatic N) is 2. The Bertz CT molecular complexity index is 469. The maximum atomic E-state index is 6.21. The van der Waals surface area contributed by atoms with E-state index < -0.39 is 0 Å². The third kappa shape index (κ3) is 3.34. The van der Waals surface area contributed by atoms with Crippen LogP contribution in [0.25, 0.3) is 0 Å². The first-order valence-electron chi connectivity index (χ1n) is 5.80. The van der Waals surface area contributed by atoms with E-state index in [-0.39, 0.29) is 5.11 Å². The van der Waals surface area contributed by atoms with E-state index in [2.05, 4.69) is 33.7 Å². The summed E-state index contributed by atoms with van der Waals surface area (Å²) in [6.45, 7) is 2.21. The second kappa shape index (κ2) is 6.02. The number of hydrogen-bond donors (Lipinski definition) is 2. The van der Waals surface area contributed by atoms with Crippen molar-refractivity contribution in [2.75, 3.05) is 18.0 Å². The molecule has 1 fully saturated rings. The van der Waals surface area contributed by atoms with Gasteiger partial charge in [-0.2, -0.15) is 5.10 Å². The number of nitrogens with one attached hydrogen (secondary N) is 1. The number of hydrogen-bond acceptors (Lipinski definition) is 3. The Labute approximate surface area is 117 Å². The van der Waals surface area contributed by atoms with Gasteiger partial charge in [-0.05, 0) is 43.3 Å². The van der Waals surface area contributed by atoms with Crippen LogP contribution in [0, 0.1) is 0 Å². The topological polar surface area (TPSA) is 53.6 Å². The molecule has 0 saturated carbocycles. The SMILES string of the molecule is NC(=S)NN=Cc1ccc(N2CCCC2)cc1Cl. The summed E-state index contributed by atoms with van der Waals surface area (Å²) >= 11 is 10.9. The van der Waals surface area contributed by atoms with Gasteiger partial charge in [0.1, 0.15) is 0 Å². The van der Waals surface area contributed by atoms with Gasteiger partial charge in [-0.1, -0.05) is 11.6 Å².